The van der Waals surface area contributed by atoms with E-state index in [-0.39, 0.29) is 24.3 Å². The van der Waals surface area contributed by atoms with Gasteiger partial charge in [-0.05, 0) is 63.9 Å². The molecule has 4 N–H and O–H groups in total. The fourth-order valence-corrected chi connectivity index (χ4v) is 3.67. The Kier molecular flexibility index (Phi) is 15.0. The Morgan fingerprint density at radius 2 is 1.28 bits per heavy atom. The summed E-state index contributed by atoms with van der Waals surface area (Å²) in [7, 11) is 0. The Morgan fingerprint density at radius 3 is 1.82 bits per heavy atom. The van der Waals surface area contributed by atoms with Crippen LogP contribution in [0.2, 0.25) is 0 Å². The van der Waals surface area contributed by atoms with Crippen LogP contribution in [0.5, 0.6) is 0 Å². The number of nitrogens with one attached hydrogen (secondary N) is 4. The molecule has 0 bridgehead atoms. The smallest absolute Gasteiger partial charge is 0.408 e. The fraction of sp³-hybridized carbons (Fsp3) is 0.655. The SMILES string of the molecule is CC(C)C[C@H](NC(=O)[C@@H](CC(C)C)NC(=O)OCc1ccccc1)C(=O)NCCCCNC(=O)OC(C)(C)C. The first-order valence-corrected chi connectivity index (χ1v) is 13.8. The van der Waals surface area contributed by atoms with Crippen LogP contribution in [0.3, 0.4) is 0 Å². The molecule has 10 nitrogen and oxygen atoms in total. The predicted molar refractivity (Wildman–Crippen MR) is 151 cm³/mol. The predicted octanol–water partition coefficient (Wildman–Crippen LogP) is 4.28. The summed E-state index contributed by atoms with van der Waals surface area (Å²) in [5, 5.41) is 11.0. The van der Waals surface area contributed by atoms with Crippen molar-refractivity contribution in [2.45, 2.75) is 98.4 Å². The summed E-state index contributed by atoms with van der Waals surface area (Å²) >= 11 is 0. The van der Waals surface area contributed by atoms with Crippen molar-refractivity contribution in [1.29, 1.82) is 0 Å². The van der Waals surface area contributed by atoms with E-state index >= 15 is 0 Å². The van der Waals surface area contributed by atoms with Gasteiger partial charge in [0.25, 0.3) is 0 Å². The van der Waals surface area contributed by atoms with Gasteiger partial charge in [0.05, 0.1) is 0 Å². The lowest BCUT2D eigenvalue weighted by molar-refractivity contribution is -0.130. The maximum Gasteiger partial charge on any atom is 0.408 e. The molecule has 0 aliphatic carbocycles. The molecule has 0 aliphatic rings. The Morgan fingerprint density at radius 1 is 0.744 bits per heavy atom. The molecule has 2 atom stereocenters. The molecule has 0 aromatic heterocycles. The highest BCUT2D eigenvalue weighted by atomic mass is 16.6. The largest absolute Gasteiger partial charge is 0.445 e. The van der Waals surface area contributed by atoms with Gasteiger partial charge >= 0.3 is 12.2 Å². The standard InChI is InChI=1S/C29H48N4O6/c1-20(2)17-23(25(34)30-15-11-12-16-31-27(36)39-29(5,6)7)32-26(35)24(18-21(3)4)33-28(37)38-19-22-13-9-8-10-14-22/h8-10,13-14,20-21,23-24H,11-12,15-19H2,1-7H3,(H,30,34)(H,31,36)(H,32,35)(H,33,37)/t23-,24+/m0/s1. The third-order valence-corrected chi connectivity index (χ3v) is 5.44. The van der Waals surface area contributed by atoms with Gasteiger partial charge in [-0.1, -0.05) is 58.0 Å². The molecule has 220 valence electrons. The van der Waals surface area contributed by atoms with Crippen molar-refractivity contribution in [2.24, 2.45) is 11.8 Å². The van der Waals surface area contributed by atoms with Crippen LogP contribution in [-0.4, -0.2) is 54.8 Å². The van der Waals surface area contributed by atoms with Crippen LogP contribution >= 0.6 is 0 Å². The zero-order valence-corrected chi connectivity index (χ0v) is 24.6. The average Bonchev–Trinajstić information content (AvgIpc) is 2.82. The maximum absolute atomic E-state index is 13.1. The number of alkyl carbamates (subject to hydrolysis) is 2. The van der Waals surface area contributed by atoms with Gasteiger partial charge < -0.3 is 30.7 Å². The summed E-state index contributed by atoms with van der Waals surface area (Å²) < 4.78 is 10.5. The zero-order chi connectivity index (χ0) is 29.4. The van der Waals surface area contributed by atoms with E-state index in [1.807, 2.05) is 58.0 Å². The Bertz CT molecular complexity index is 899. The molecule has 1 rings (SSSR count). The van der Waals surface area contributed by atoms with E-state index in [1.54, 1.807) is 20.8 Å². The lowest BCUT2D eigenvalue weighted by Crippen LogP contribution is -2.54. The van der Waals surface area contributed by atoms with E-state index in [2.05, 4.69) is 21.3 Å². The van der Waals surface area contributed by atoms with Gasteiger partial charge in [0, 0.05) is 13.1 Å². The summed E-state index contributed by atoms with van der Waals surface area (Å²) in [5.74, 6) is -0.428. The quantitative estimate of drug-likeness (QED) is 0.242. The van der Waals surface area contributed by atoms with E-state index in [9.17, 15) is 19.2 Å². The van der Waals surface area contributed by atoms with Gasteiger partial charge in [-0.2, -0.15) is 0 Å². The van der Waals surface area contributed by atoms with Gasteiger partial charge in [-0.25, -0.2) is 9.59 Å². The highest BCUT2D eigenvalue weighted by Gasteiger charge is 2.28. The number of hydrogen-bond donors (Lipinski definition) is 4. The molecule has 0 saturated heterocycles. The number of ether oxygens (including phenoxy) is 2. The van der Waals surface area contributed by atoms with Crippen molar-refractivity contribution in [2.75, 3.05) is 13.1 Å². The Balaban J connectivity index is 2.60. The van der Waals surface area contributed by atoms with Crippen molar-refractivity contribution in [3.05, 3.63) is 35.9 Å². The maximum atomic E-state index is 13.1. The molecule has 4 amide bonds. The Labute approximate surface area is 233 Å². The van der Waals surface area contributed by atoms with E-state index in [0.717, 1.165) is 5.56 Å². The second-order valence-electron chi connectivity index (χ2n) is 11.5. The lowest BCUT2D eigenvalue weighted by atomic mass is 10.00. The molecule has 0 unspecified atom stereocenters. The van der Waals surface area contributed by atoms with E-state index in [4.69, 9.17) is 9.47 Å². The average molecular weight is 549 g/mol. The molecule has 0 aliphatic heterocycles. The van der Waals surface area contributed by atoms with Gasteiger partial charge in [-0.15, -0.1) is 0 Å². The zero-order valence-electron chi connectivity index (χ0n) is 24.6. The number of carbonyl (C=O) groups is 4. The number of unbranched alkanes of at least 4 members (excludes halogenated alkanes) is 1. The van der Waals surface area contributed by atoms with Crippen LogP contribution in [0.25, 0.3) is 0 Å². The topological polar surface area (TPSA) is 135 Å². The lowest BCUT2D eigenvalue weighted by Gasteiger charge is -2.25. The van der Waals surface area contributed by atoms with Crippen molar-refractivity contribution in [3.63, 3.8) is 0 Å². The van der Waals surface area contributed by atoms with Gasteiger partial charge in [0.15, 0.2) is 0 Å². The minimum Gasteiger partial charge on any atom is -0.445 e. The second-order valence-corrected chi connectivity index (χ2v) is 11.5. The number of amides is 4. The molecule has 1 aromatic carbocycles. The first-order chi connectivity index (χ1) is 18.3. The molecular formula is C29H48N4O6. The first-order valence-electron chi connectivity index (χ1n) is 13.8. The monoisotopic (exact) mass is 548 g/mol. The number of rotatable bonds is 15. The van der Waals surface area contributed by atoms with E-state index in [1.165, 1.54) is 0 Å². The first kappa shape index (κ1) is 33.7. The van der Waals surface area contributed by atoms with E-state index in [0.29, 0.717) is 38.8 Å². The number of benzene rings is 1. The van der Waals surface area contributed by atoms with Crippen molar-refractivity contribution >= 4 is 24.0 Å². The van der Waals surface area contributed by atoms with Crippen LogP contribution in [0.1, 0.15) is 79.7 Å². The Hall–Kier alpha value is -3.30. The highest BCUT2D eigenvalue weighted by Crippen LogP contribution is 2.10. The third kappa shape index (κ3) is 16.3. The molecule has 10 heteroatoms. The molecule has 0 fully saturated rings. The minimum atomic E-state index is -0.838. The van der Waals surface area contributed by atoms with Crippen LogP contribution in [-0.2, 0) is 25.7 Å². The summed E-state index contributed by atoms with van der Waals surface area (Å²) in [6.45, 7) is 14.2. The van der Waals surface area contributed by atoms with E-state index < -0.39 is 35.8 Å². The molecule has 0 radical (unpaired) electrons. The van der Waals surface area contributed by atoms with Gasteiger partial charge in [0.1, 0.15) is 24.3 Å². The molecule has 1 aromatic rings. The van der Waals surface area contributed by atoms with Crippen LogP contribution in [0.15, 0.2) is 30.3 Å². The molecule has 0 spiro atoms. The van der Waals surface area contributed by atoms with Crippen molar-refractivity contribution in [3.8, 4) is 0 Å². The fourth-order valence-electron chi connectivity index (χ4n) is 3.67. The van der Waals surface area contributed by atoms with Crippen LogP contribution in [0.4, 0.5) is 9.59 Å². The normalized spacial score (nSPS) is 12.8. The molecule has 0 heterocycles. The summed E-state index contributed by atoms with van der Waals surface area (Å²) in [5.41, 5.74) is 0.284. The highest BCUT2D eigenvalue weighted by molar-refractivity contribution is 5.91. The number of carbonyl (C=O) groups excluding carboxylic acids is 4. The molecule has 39 heavy (non-hydrogen) atoms. The second kappa shape index (κ2) is 17.3. The molecule has 0 saturated carbocycles. The summed E-state index contributed by atoms with van der Waals surface area (Å²) in [6, 6.07) is 7.69. The van der Waals surface area contributed by atoms with Crippen LogP contribution < -0.4 is 21.3 Å². The van der Waals surface area contributed by atoms with Crippen molar-refractivity contribution in [1.82, 2.24) is 21.3 Å². The summed E-state index contributed by atoms with van der Waals surface area (Å²) in [6.07, 6.45) is 0.989. The van der Waals surface area contributed by atoms with Crippen molar-refractivity contribution < 1.29 is 28.7 Å². The van der Waals surface area contributed by atoms with Crippen LogP contribution in [0, 0.1) is 11.8 Å². The minimum absolute atomic E-state index is 0.0916. The number of hydrogen-bond acceptors (Lipinski definition) is 6. The van der Waals surface area contributed by atoms with Gasteiger partial charge in [0.2, 0.25) is 11.8 Å². The third-order valence-electron chi connectivity index (χ3n) is 5.44. The van der Waals surface area contributed by atoms with Gasteiger partial charge in [-0.3, -0.25) is 9.59 Å². The molecular weight excluding hydrogens is 500 g/mol. The summed E-state index contributed by atoms with van der Waals surface area (Å²) in [4.78, 5) is 50.2.